The summed E-state index contributed by atoms with van der Waals surface area (Å²) in [6.07, 6.45) is 7.36. The van der Waals surface area contributed by atoms with Crippen molar-refractivity contribution in [2.45, 2.75) is 53.6 Å². The number of ether oxygens (including phenoxy) is 1. The van der Waals surface area contributed by atoms with Gasteiger partial charge in [0.1, 0.15) is 6.04 Å². The van der Waals surface area contributed by atoms with Crippen molar-refractivity contribution in [3.05, 3.63) is 59.3 Å². The lowest BCUT2D eigenvalue weighted by Gasteiger charge is -2.38. The van der Waals surface area contributed by atoms with E-state index in [-0.39, 0.29) is 25.3 Å². The van der Waals surface area contributed by atoms with Gasteiger partial charge in [0, 0.05) is 31.2 Å². The van der Waals surface area contributed by atoms with Crippen LogP contribution >= 0.6 is 0 Å². The fourth-order valence-corrected chi connectivity index (χ4v) is 4.29. The summed E-state index contributed by atoms with van der Waals surface area (Å²) in [5.41, 5.74) is 5.96. The van der Waals surface area contributed by atoms with Gasteiger partial charge in [0.15, 0.2) is 0 Å². The Morgan fingerprint density at radius 3 is 2.73 bits per heavy atom. The van der Waals surface area contributed by atoms with Crippen LogP contribution in [0.2, 0.25) is 0 Å². The van der Waals surface area contributed by atoms with Crippen molar-refractivity contribution < 1.29 is 9.53 Å². The summed E-state index contributed by atoms with van der Waals surface area (Å²) in [5.74, 6) is 0.854. The molecule has 1 aliphatic rings. The highest BCUT2D eigenvalue weighted by molar-refractivity contribution is 6.04. The number of fused-ring (bicyclic) bond motifs is 1. The molecule has 1 atom stereocenters. The average Bonchev–Trinajstić information content (AvgIpc) is 3.20. The Balaban J connectivity index is 0.00000306. The SMILES string of the molecule is C.COc1cc(Cn2cc(CCc3cc4c(c(C)n3)NC(=O)[C@H](C(C)C)N4C)cn2)ccn1. The van der Waals surface area contributed by atoms with E-state index in [0.717, 1.165) is 46.7 Å². The first-order chi connectivity index (χ1) is 15.4. The Bertz CT molecular complexity index is 1120. The fraction of sp³-hybridized carbons (Fsp3) is 0.440. The van der Waals surface area contributed by atoms with Crippen LogP contribution in [-0.4, -0.2) is 45.9 Å². The quantitative estimate of drug-likeness (QED) is 0.588. The number of nitrogens with one attached hydrogen (secondary N) is 1. The van der Waals surface area contributed by atoms with Crippen molar-refractivity contribution in [1.82, 2.24) is 19.7 Å². The number of carbonyl (C=O) groups excluding carboxylic acids is 1. The standard InChI is InChI=1S/C24H30N6O2.CH4/c1-15(2)23-24(31)28-22-16(3)27-19(11-20(22)29(23)4)7-6-18-12-26-30(14-18)13-17-8-9-25-21(10-17)32-5;/h8-12,14-15,23H,6-7,13H2,1-5H3,(H,28,31);1H4/t23-;/m0./s1. The van der Waals surface area contributed by atoms with Crippen LogP contribution in [0.4, 0.5) is 11.4 Å². The van der Waals surface area contributed by atoms with Crippen LogP contribution < -0.4 is 15.0 Å². The zero-order valence-corrected chi connectivity index (χ0v) is 19.3. The van der Waals surface area contributed by atoms with Gasteiger partial charge in [0.2, 0.25) is 11.8 Å². The van der Waals surface area contributed by atoms with Crippen LogP contribution in [-0.2, 0) is 24.2 Å². The van der Waals surface area contributed by atoms with E-state index in [4.69, 9.17) is 9.72 Å². The van der Waals surface area contributed by atoms with Gasteiger partial charge in [0.25, 0.3) is 0 Å². The molecule has 1 N–H and O–H groups in total. The Hall–Kier alpha value is -3.42. The number of pyridine rings is 2. The number of rotatable bonds is 7. The van der Waals surface area contributed by atoms with Gasteiger partial charge in [-0.3, -0.25) is 14.5 Å². The molecule has 0 radical (unpaired) electrons. The van der Waals surface area contributed by atoms with Gasteiger partial charge in [-0.25, -0.2) is 4.98 Å². The minimum absolute atomic E-state index is 0. The van der Waals surface area contributed by atoms with Crippen LogP contribution in [0, 0.1) is 12.8 Å². The largest absolute Gasteiger partial charge is 0.481 e. The number of methoxy groups -OCH3 is 1. The Labute approximate surface area is 196 Å². The fourth-order valence-electron chi connectivity index (χ4n) is 4.29. The number of hydrogen-bond acceptors (Lipinski definition) is 6. The number of carbonyl (C=O) groups is 1. The number of aromatic nitrogens is 4. The summed E-state index contributed by atoms with van der Waals surface area (Å²) in [6, 6.07) is 5.80. The molecule has 1 amide bonds. The van der Waals surface area contributed by atoms with E-state index in [9.17, 15) is 4.79 Å². The van der Waals surface area contributed by atoms with Gasteiger partial charge in [-0.05, 0) is 48.9 Å². The lowest BCUT2D eigenvalue weighted by molar-refractivity contribution is -0.118. The molecule has 0 saturated heterocycles. The summed E-state index contributed by atoms with van der Waals surface area (Å²) in [4.78, 5) is 23.5. The summed E-state index contributed by atoms with van der Waals surface area (Å²) in [7, 11) is 3.60. The highest BCUT2D eigenvalue weighted by Gasteiger charge is 2.34. The molecule has 1 aliphatic heterocycles. The predicted molar refractivity (Wildman–Crippen MR) is 131 cm³/mol. The molecule has 0 saturated carbocycles. The number of aryl methyl sites for hydroxylation is 3. The Morgan fingerprint density at radius 1 is 1.21 bits per heavy atom. The van der Waals surface area contributed by atoms with Crippen LogP contribution in [0.3, 0.4) is 0 Å². The number of likely N-dealkylation sites (N-methyl/N-ethyl adjacent to an activating group) is 1. The lowest BCUT2D eigenvalue weighted by atomic mass is 9.97. The van der Waals surface area contributed by atoms with E-state index >= 15 is 0 Å². The molecular weight excluding hydrogens is 416 g/mol. The molecule has 4 heterocycles. The minimum Gasteiger partial charge on any atom is -0.481 e. The van der Waals surface area contributed by atoms with Crippen molar-refractivity contribution in [1.29, 1.82) is 0 Å². The van der Waals surface area contributed by atoms with Gasteiger partial charge in [-0.15, -0.1) is 0 Å². The molecule has 3 aromatic heterocycles. The van der Waals surface area contributed by atoms with Crippen LogP contribution in [0.15, 0.2) is 36.8 Å². The van der Waals surface area contributed by atoms with E-state index in [1.54, 1.807) is 13.3 Å². The number of amides is 1. The minimum atomic E-state index is -0.179. The molecule has 8 heteroatoms. The molecular formula is C25H34N6O2. The van der Waals surface area contributed by atoms with Crippen LogP contribution in [0.1, 0.15) is 43.8 Å². The summed E-state index contributed by atoms with van der Waals surface area (Å²) < 4.78 is 7.12. The molecule has 0 unspecified atom stereocenters. The zero-order valence-electron chi connectivity index (χ0n) is 19.3. The van der Waals surface area contributed by atoms with Crippen molar-refractivity contribution in [3.63, 3.8) is 0 Å². The average molecular weight is 451 g/mol. The Kier molecular flexibility index (Phi) is 7.36. The predicted octanol–water partition coefficient (Wildman–Crippen LogP) is 3.87. The number of hydrogen-bond donors (Lipinski definition) is 1. The van der Waals surface area contributed by atoms with Gasteiger partial charge in [0.05, 0.1) is 36.9 Å². The molecule has 33 heavy (non-hydrogen) atoms. The molecule has 0 bridgehead atoms. The van der Waals surface area contributed by atoms with Gasteiger partial charge in [-0.2, -0.15) is 5.10 Å². The molecule has 4 rings (SSSR count). The molecule has 0 aliphatic carbocycles. The number of anilines is 2. The van der Waals surface area contributed by atoms with E-state index in [0.29, 0.717) is 12.4 Å². The maximum absolute atomic E-state index is 12.5. The van der Waals surface area contributed by atoms with E-state index in [2.05, 4.69) is 46.4 Å². The first-order valence-electron chi connectivity index (χ1n) is 10.9. The highest BCUT2D eigenvalue weighted by Crippen LogP contribution is 2.35. The molecule has 176 valence electrons. The third kappa shape index (κ3) is 5.16. The third-order valence-corrected chi connectivity index (χ3v) is 5.89. The molecule has 3 aromatic rings. The summed E-state index contributed by atoms with van der Waals surface area (Å²) in [6.45, 7) is 6.75. The smallest absolute Gasteiger partial charge is 0.247 e. The second-order valence-electron chi connectivity index (χ2n) is 8.63. The second kappa shape index (κ2) is 10.0. The van der Waals surface area contributed by atoms with E-state index in [1.165, 1.54) is 0 Å². The van der Waals surface area contributed by atoms with E-state index in [1.807, 2.05) is 37.0 Å². The highest BCUT2D eigenvalue weighted by atomic mass is 16.5. The van der Waals surface area contributed by atoms with Crippen molar-refractivity contribution >= 4 is 17.3 Å². The topological polar surface area (TPSA) is 85.2 Å². The maximum atomic E-state index is 12.5. The third-order valence-electron chi connectivity index (χ3n) is 5.89. The van der Waals surface area contributed by atoms with Gasteiger partial charge < -0.3 is 15.0 Å². The van der Waals surface area contributed by atoms with Crippen molar-refractivity contribution in [2.24, 2.45) is 5.92 Å². The summed E-state index contributed by atoms with van der Waals surface area (Å²) in [5, 5.41) is 7.55. The summed E-state index contributed by atoms with van der Waals surface area (Å²) >= 11 is 0. The molecule has 0 spiro atoms. The molecule has 0 fully saturated rings. The van der Waals surface area contributed by atoms with Crippen molar-refractivity contribution in [2.75, 3.05) is 24.4 Å². The van der Waals surface area contributed by atoms with Crippen molar-refractivity contribution in [3.8, 4) is 5.88 Å². The molecule has 0 aromatic carbocycles. The Morgan fingerprint density at radius 2 is 2.00 bits per heavy atom. The van der Waals surface area contributed by atoms with E-state index < -0.39 is 0 Å². The van der Waals surface area contributed by atoms with Crippen LogP contribution in [0.5, 0.6) is 5.88 Å². The normalized spacial score (nSPS) is 15.2. The van der Waals surface area contributed by atoms with Gasteiger partial charge in [-0.1, -0.05) is 21.3 Å². The van der Waals surface area contributed by atoms with Crippen LogP contribution in [0.25, 0.3) is 0 Å². The first-order valence-corrected chi connectivity index (χ1v) is 10.9. The first kappa shape index (κ1) is 24.2. The lowest BCUT2D eigenvalue weighted by Crippen LogP contribution is -2.49. The zero-order chi connectivity index (χ0) is 22.8. The monoisotopic (exact) mass is 450 g/mol. The second-order valence-corrected chi connectivity index (χ2v) is 8.63. The van der Waals surface area contributed by atoms with Gasteiger partial charge >= 0.3 is 0 Å². The number of nitrogens with zero attached hydrogens (tertiary/aromatic N) is 5. The molecule has 8 nitrogen and oxygen atoms in total. The maximum Gasteiger partial charge on any atom is 0.247 e.